The third kappa shape index (κ3) is 9.84. The molecule has 7 heteroatoms. The molecule has 0 amide bonds. The SMILES string of the molecule is CCCCCCCC(O)[C@@H]1CCC(=NNc2ccc(C(=O)O)cc2)[C@H]1CCCCCCC(=O)O. The molecule has 0 bridgehead atoms. The average molecular weight is 475 g/mol. The van der Waals surface area contributed by atoms with Gasteiger partial charge >= 0.3 is 11.9 Å². The van der Waals surface area contributed by atoms with Crippen LogP contribution >= 0.6 is 0 Å². The Hall–Kier alpha value is -2.41. The number of hydrazone groups is 1. The highest BCUT2D eigenvalue weighted by Gasteiger charge is 2.36. The van der Waals surface area contributed by atoms with Crippen LogP contribution in [0.15, 0.2) is 29.4 Å². The molecule has 34 heavy (non-hydrogen) atoms. The first kappa shape index (κ1) is 27.8. The molecule has 1 aromatic carbocycles. The Balaban J connectivity index is 1.95. The predicted octanol–water partition coefficient (Wildman–Crippen LogP) is 6.33. The molecule has 1 aliphatic carbocycles. The van der Waals surface area contributed by atoms with Crippen molar-refractivity contribution in [2.45, 2.75) is 103 Å². The maximum absolute atomic E-state index is 11.0. The Morgan fingerprint density at radius 1 is 1.00 bits per heavy atom. The van der Waals surface area contributed by atoms with Crippen LogP contribution in [0.1, 0.15) is 107 Å². The number of aliphatic hydroxyl groups excluding tert-OH is 1. The first-order chi connectivity index (χ1) is 16.4. The van der Waals surface area contributed by atoms with Gasteiger partial charge in [-0.15, -0.1) is 0 Å². The van der Waals surface area contributed by atoms with Crippen molar-refractivity contribution in [1.29, 1.82) is 0 Å². The Bertz CT molecular complexity index is 778. The fraction of sp³-hybridized carbons (Fsp3) is 0.667. The molecule has 0 aliphatic heterocycles. The molecule has 0 spiro atoms. The van der Waals surface area contributed by atoms with Crippen LogP contribution in [0, 0.1) is 11.8 Å². The number of unbranched alkanes of at least 4 members (excludes halogenated alkanes) is 7. The van der Waals surface area contributed by atoms with E-state index in [1.54, 1.807) is 24.3 Å². The van der Waals surface area contributed by atoms with Gasteiger partial charge in [-0.25, -0.2) is 4.79 Å². The van der Waals surface area contributed by atoms with E-state index in [1.165, 1.54) is 25.7 Å². The summed E-state index contributed by atoms with van der Waals surface area (Å²) in [5.41, 5.74) is 5.13. The molecule has 4 N–H and O–H groups in total. The van der Waals surface area contributed by atoms with Gasteiger partial charge in [0.25, 0.3) is 0 Å². The number of hydrogen-bond acceptors (Lipinski definition) is 5. The van der Waals surface area contributed by atoms with Crippen LogP contribution in [-0.4, -0.2) is 39.1 Å². The summed E-state index contributed by atoms with van der Waals surface area (Å²) in [5, 5.41) is 33.5. The Labute approximate surface area is 203 Å². The number of aromatic carboxylic acids is 1. The highest BCUT2D eigenvalue weighted by atomic mass is 16.4. The van der Waals surface area contributed by atoms with E-state index in [0.29, 0.717) is 6.42 Å². The monoisotopic (exact) mass is 474 g/mol. The number of aliphatic carboxylic acids is 1. The summed E-state index contributed by atoms with van der Waals surface area (Å²) < 4.78 is 0. The van der Waals surface area contributed by atoms with E-state index in [4.69, 9.17) is 10.2 Å². The number of carbonyl (C=O) groups is 2. The Morgan fingerprint density at radius 2 is 1.68 bits per heavy atom. The van der Waals surface area contributed by atoms with Crippen molar-refractivity contribution >= 4 is 23.3 Å². The fourth-order valence-corrected chi connectivity index (χ4v) is 4.92. The van der Waals surface area contributed by atoms with Crippen LogP contribution < -0.4 is 5.43 Å². The van der Waals surface area contributed by atoms with Gasteiger partial charge in [0, 0.05) is 18.1 Å². The van der Waals surface area contributed by atoms with Crippen molar-refractivity contribution < 1.29 is 24.9 Å². The van der Waals surface area contributed by atoms with Gasteiger partial charge in [-0.3, -0.25) is 10.2 Å². The van der Waals surface area contributed by atoms with Gasteiger partial charge in [-0.1, -0.05) is 58.3 Å². The molecule has 0 heterocycles. The van der Waals surface area contributed by atoms with Crippen LogP contribution in [0.5, 0.6) is 0 Å². The van der Waals surface area contributed by atoms with Crippen LogP contribution in [0.25, 0.3) is 0 Å². The molecule has 1 fully saturated rings. The second kappa shape index (κ2) is 15.5. The lowest BCUT2D eigenvalue weighted by Gasteiger charge is -2.25. The van der Waals surface area contributed by atoms with Crippen LogP contribution in [0.4, 0.5) is 5.69 Å². The lowest BCUT2D eigenvalue weighted by molar-refractivity contribution is -0.137. The summed E-state index contributed by atoms with van der Waals surface area (Å²) in [6, 6.07) is 6.53. The molecule has 1 aliphatic rings. The van der Waals surface area contributed by atoms with Gasteiger partial charge in [0.2, 0.25) is 0 Å². The van der Waals surface area contributed by atoms with Gasteiger partial charge in [0.1, 0.15) is 0 Å². The van der Waals surface area contributed by atoms with Gasteiger partial charge in [-0.05, 0) is 62.3 Å². The van der Waals surface area contributed by atoms with Crippen molar-refractivity contribution in [3.63, 3.8) is 0 Å². The summed E-state index contributed by atoms with van der Waals surface area (Å²) in [7, 11) is 0. The first-order valence-electron chi connectivity index (χ1n) is 13.0. The molecule has 190 valence electrons. The molecule has 0 aromatic heterocycles. The molecule has 1 saturated carbocycles. The van der Waals surface area contributed by atoms with E-state index < -0.39 is 11.9 Å². The number of carboxylic acid groups (broad SMARTS) is 2. The van der Waals surface area contributed by atoms with E-state index in [0.717, 1.165) is 62.8 Å². The highest BCUT2D eigenvalue weighted by Crippen LogP contribution is 2.37. The molecule has 0 saturated heterocycles. The molecule has 0 radical (unpaired) electrons. The zero-order valence-corrected chi connectivity index (χ0v) is 20.5. The largest absolute Gasteiger partial charge is 0.481 e. The summed E-state index contributed by atoms with van der Waals surface area (Å²) in [5.74, 6) is -1.27. The number of hydrogen-bond donors (Lipinski definition) is 4. The van der Waals surface area contributed by atoms with Crippen molar-refractivity contribution in [3.8, 4) is 0 Å². The maximum Gasteiger partial charge on any atom is 0.335 e. The van der Waals surface area contributed by atoms with Crippen molar-refractivity contribution in [1.82, 2.24) is 0 Å². The molecule has 1 unspecified atom stereocenters. The number of nitrogens with one attached hydrogen (secondary N) is 1. The summed E-state index contributed by atoms with van der Waals surface area (Å²) >= 11 is 0. The second-order valence-electron chi connectivity index (χ2n) is 9.52. The number of aliphatic hydroxyl groups is 1. The van der Waals surface area contributed by atoms with E-state index in [9.17, 15) is 14.7 Å². The maximum atomic E-state index is 11.0. The summed E-state index contributed by atoms with van der Waals surface area (Å²) in [6.45, 7) is 2.20. The quantitative estimate of drug-likeness (QED) is 0.155. The molecule has 2 rings (SSSR count). The minimum absolute atomic E-state index is 0.208. The number of anilines is 1. The molecular formula is C27H42N2O5. The van der Waals surface area contributed by atoms with Gasteiger partial charge in [-0.2, -0.15) is 5.10 Å². The number of nitrogens with zero attached hydrogens (tertiary/aromatic N) is 1. The second-order valence-corrected chi connectivity index (χ2v) is 9.52. The fourth-order valence-electron chi connectivity index (χ4n) is 4.92. The van der Waals surface area contributed by atoms with E-state index in [2.05, 4.69) is 17.5 Å². The molecule has 1 aromatic rings. The van der Waals surface area contributed by atoms with Crippen molar-refractivity contribution in [2.75, 3.05) is 5.43 Å². The zero-order valence-electron chi connectivity index (χ0n) is 20.5. The van der Waals surface area contributed by atoms with E-state index >= 15 is 0 Å². The Kier molecular flexibility index (Phi) is 12.7. The van der Waals surface area contributed by atoms with Gasteiger partial charge in [0.05, 0.1) is 17.4 Å². The predicted molar refractivity (Wildman–Crippen MR) is 135 cm³/mol. The summed E-state index contributed by atoms with van der Waals surface area (Å²) in [6.07, 6.45) is 13.0. The third-order valence-electron chi connectivity index (χ3n) is 6.89. The first-order valence-corrected chi connectivity index (χ1v) is 13.0. The van der Waals surface area contributed by atoms with E-state index in [-0.39, 0.29) is 29.9 Å². The van der Waals surface area contributed by atoms with Crippen molar-refractivity contribution in [3.05, 3.63) is 29.8 Å². The normalized spacial score (nSPS) is 19.9. The molecular weight excluding hydrogens is 432 g/mol. The average Bonchev–Trinajstić information content (AvgIpc) is 3.22. The zero-order chi connectivity index (χ0) is 24.8. The minimum atomic E-state index is -0.955. The third-order valence-corrected chi connectivity index (χ3v) is 6.89. The minimum Gasteiger partial charge on any atom is -0.481 e. The van der Waals surface area contributed by atoms with Gasteiger partial charge < -0.3 is 15.3 Å². The Morgan fingerprint density at radius 3 is 2.35 bits per heavy atom. The van der Waals surface area contributed by atoms with E-state index in [1.807, 2.05) is 0 Å². The lowest BCUT2D eigenvalue weighted by atomic mass is 9.84. The van der Waals surface area contributed by atoms with Crippen LogP contribution in [0.2, 0.25) is 0 Å². The standard InChI is InChI=1S/C27H42N2O5/c1-2-3-4-5-9-12-25(30)23-18-19-24(22(23)11-8-6-7-10-13-26(31)32)29-28-21-16-14-20(15-17-21)27(33)34/h14-17,22-23,25,28,30H,2-13,18-19H2,1H3,(H,31,32)(H,33,34)/t22-,23+,25?/m0/s1. The van der Waals surface area contributed by atoms with Crippen LogP contribution in [0.3, 0.4) is 0 Å². The smallest absolute Gasteiger partial charge is 0.335 e. The van der Waals surface area contributed by atoms with Crippen LogP contribution in [-0.2, 0) is 4.79 Å². The summed E-state index contributed by atoms with van der Waals surface area (Å²) in [4.78, 5) is 21.8. The lowest BCUT2D eigenvalue weighted by Crippen LogP contribution is -2.27. The number of carboxylic acids is 2. The number of benzene rings is 1. The molecule has 7 nitrogen and oxygen atoms in total. The molecule has 3 atom stereocenters. The topological polar surface area (TPSA) is 119 Å². The van der Waals surface area contributed by atoms with Crippen molar-refractivity contribution in [2.24, 2.45) is 16.9 Å². The highest BCUT2D eigenvalue weighted by molar-refractivity contribution is 5.90. The number of rotatable bonds is 17. The van der Waals surface area contributed by atoms with Gasteiger partial charge in [0.15, 0.2) is 0 Å².